The van der Waals surface area contributed by atoms with Crippen LogP contribution in [0.5, 0.6) is 0 Å². The number of benzene rings is 1. The molecule has 0 aromatic heterocycles. The van der Waals surface area contributed by atoms with Crippen LogP contribution in [-0.4, -0.2) is 4.86 Å². The van der Waals surface area contributed by atoms with Gasteiger partial charge in [0.15, 0.2) is 0 Å². The van der Waals surface area contributed by atoms with Crippen molar-refractivity contribution in [2.75, 3.05) is 0 Å². The van der Waals surface area contributed by atoms with Gasteiger partial charge in [0.1, 0.15) is 0 Å². The Hall–Kier alpha value is -0.690. The third kappa shape index (κ3) is 1.21. The monoisotopic (exact) mass is 162 g/mol. The zero-order chi connectivity index (χ0) is 7.68. The van der Waals surface area contributed by atoms with Crippen molar-refractivity contribution in [2.24, 2.45) is 0 Å². The summed E-state index contributed by atoms with van der Waals surface area (Å²) < 4.78 is 0. The average molecular weight is 162 g/mol. The van der Waals surface area contributed by atoms with Crippen LogP contribution in [0.3, 0.4) is 0 Å². The van der Waals surface area contributed by atoms with Gasteiger partial charge < -0.3 is 0 Å². The molecule has 0 amide bonds. The number of fused-ring (bicyclic) bond motifs is 1. The number of thiocarbonyl (C=S) groups is 1. The molecule has 0 nitrogen and oxygen atoms in total. The van der Waals surface area contributed by atoms with E-state index < -0.39 is 0 Å². The van der Waals surface area contributed by atoms with Crippen LogP contribution >= 0.6 is 12.2 Å². The van der Waals surface area contributed by atoms with Crippen molar-refractivity contribution >= 4 is 17.1 Å². The zero-order valence-electron chi connectivity index (χ0n) is 6.34. The normalized spacial score (nSPS) is 16.2. The molecular weight excluding hydrogens is 152 g/mol. The fourth-order valence-electron chi connectivity index (χ4n) is 1.58. The minimum absolute atomic E-state index is 1.10. The third-order valence-corrected chi connectivity index (χ3v) is 2.59. The lowest BCUT2D eigenvalue weighted by atomic mass is 9.92. The summed E-state index contributed by atoms with van der Waals surface area (Å²) in [4.78, 5) is 1.15. The summed E-state index contributed by atoms with van der Waals surface area (Å²) in [6.07, 6.45) is 3.54. The van der Waals surface area contributed by atoms with Crippen LogP contribution in [0.4, 0.5) is 0 Å². The summed E-state index contributed by atoms with van der Waals surface area (Å²) in [7, 11) is 0. The van der Waals surface area contributed by atoms with Gasteiger partial charge in [-0.3, -0.25) is 0 Å². The van der Waals surface area contributed by atoms with Crippen molar-refractivity contribution in [2.45, 2.75) is 19.3 Å². The van der Waals surface area contributed by atoms with Gasteiger partial charge in [-0.15, -0.1) is 0 Å². The maximum atomic E-state index is 5.26. The van der Waals surface area contributed by atoms with E-state index in [4.69, 9.17) is 12.2 Å². The predicted molar refractivity (Wildman–Crippen MR) is 51.1 cm³/mol. The van der Waals surface area contributed by atoms with E-state index in [9.17, 15) is 0 Å². The molecule has 1 aromatic rings. The van der Waals surface area contributed by atoms with Gasteiger partial charge in [0.25, 0.3) is 0 Å². The zero-order valence-corrected chi connectivity index (χ0v) is 7.16. The molecule has 0 spiro atoms. The molecule has 0 bridgehead atoms. The van der Waals surface area contributed by atoms with E-state index in [2.05, 4.69) is 24.3 Å². The van der Waals surface area contributed by atoms with Gasteiger partial charge in [0.2, 0.25) is 0 Å². The first-order chi connectivity index (χ1) is 5.38. The Labute approximate surface area is 72.2 Å². The molecule has 11 heavy (non-hydrogen) atoms. The minimum Gasteiger partial charge on any atom is -0.0843 e. The highest BCUT2D eigenvalue weighted by molar-refractivity contribution is 7.80. The van der Waals surface area contributed by atoms with Crippen LogP contribution in [0.1, 0.15) is 24.0 Å². The molecule has 2 rings (SSSR count). The van der Waals surface area contributed by atoms with Gasteiger partial charge in [-0.2, -0.15) is 0 Å². The van der Waals surface area contributed by atoms with E-state index >= 15 is 0 Å². The van der Waals surface area contributed by atoms with Gasteiger partial charge in [0.05, 0.1) is 0 Å². The topological polar surface area (TPSA) is 0 Å². The molecule has 0 saturated carbocycles. The van der Waals surface area contributed by atoms with Crippen LogP contribution in [0.25, 0.3) is 0 Å². The molecule has 1 aliphatic rings. The Balaban J connectivity index is 2.52. The van der Waals surface area contributed by atoms with E-state index in [1.54, 1.807) is 0 Å². The number of aryl methyl sites for hydroxylation is 1. The second-order valence-electron chi connectivity index (χ2n) is 2.93. The molecule has 1 aromatic carbocycles. The third-order valence-electron chi connectivity index (χ3n) is 2.17. The lowest BCUT2D eigenvalue weighted by Gasteiger charge is -2.15. The number of hydrogen-bond donors (Lipinski definition) is 0. The Morgan fingerprint density at radius 1 is 1.09 bits per heavy atom. The maximum Gasteiger partial charge on any atom is 0.0227 e. The Morgan fingerprint density at radius 3 is 2.73 bits per heavy atom. The molecule has 0 aliphatic heterocycles. The summed E-state index contributed by atoms with van der Waals surface area (Å²) in [6.45, 7) is 0. The van der Waals surface area contributed by atoms with E-state index in [0.717, 1.165) is 11.3 Å². The number of hydrogen-bond acceptors (Lipinski definition) is 1. The van der Waals surface area contributed by atoms with Gasteiger partial charge >= 0.3 is 0 Å². The molecule has 56 valence electrons. The van der Waals surface area contributed by atoms with Gasteiger partial charge in [0, 0.05) is 4.86 Å². The highest BCUT2D eigenvalue weighted by Gasteiger charge is 2.11. The van der Waals surface area contributed by atoms with Crippen molar-refractivity contribution in [3.05, 3.63) is 35.4 Å². The van der Waals surface area contributed by atoms with Gasteiger partial charge in [-0.25, -0.2) is 0 Å². The lowest BCUT2D eigenvalue weighted by molar-refractivity contribution is 0.847. The second kappa shape index (κ2) is 2.74. The van der Waals surface area contributed by atoms with Crippen molar-refractivity contribution < 1.29 is 0 Å². The maximum absolute atomic E-state index is 5.26. The number of rotatable bonds is 0. The summed E-state index contributed by atoms with van der Waals surface area (Å²) in [5.74, 6) is 0. The van der Waals surface area contributed by atoms with E-state index in [1.165, 1.54) is 24.0 Å². The predicted octanol–water partition coefficient (Wildman–Crippen LogP) is 2.74. The largest absolute Gasteiger partial charge is 0.0843 e. The fourth-order valence-corrected chi connectivity index (χ4v) is 1.93. The van der Waals surface area contributed by atoms with Crippen molar-refractivity contribution in [3.63, 3.8) is 0 Å². The minimum atomic E-state index is 1.10. The standard InChI is InChI=1S/C10H10S/c11-10-7-3-5-8-4-1-2-6-9(8)10/h1-2,4,6H,3,5,7H2. The molecule has 1 aliphatic carbocycles. The van der Waals surface area contributed by atoms with Crippen molar-refractivity contribution in [1.82, 2.24) is 0 Å². The van der Waals surface area contributed by atoms with Gasteiger partial charge in [-0.05, 0) is 30.4 Å². The SMILES string of the molecule is S=C1CCCc2ccccc21. The lowest BCUT2D eigenvalue weighted by Crippen LogP contribution is -2.08. The molecule has 0 unspecified atom stereocenters. The summed E-state index contributed by atoms with van der Waals surface area (Å²) in [6, 6.07) is 8.47. The molecular formula is C10H10S. The van der Waals surface area contributed by atoms with E-state index in [1.807, 2.05) is 0 Å². The first-order valence-electron chi connectivity index (χ1n) is 3.99. The molecule has 1 heteroatoms. The molecule has 0 heterocycles. The van der Waals surface area contributed by atoms with Crippen molar-refractivity contribution in [3.8, 4) is 0 Å². The molecule has 0 fully saturated rings. The molecule has 0 atom stereocenters. The quantitative estimate of drug-likeness (QED) is 0.528. The highest BCUT2D eigenvalue weighted by atomic mass is 32.1. The first kappa shape index (κ1) is 6.99. The average Bonchev–Trinajstić information content (AvgIpc) is 2.06. The Kier molecular flexibility index (Phi) is 1.74. The van der Waals surface area contributed by atoms with Gasteiger partial charge in [-0.1, -0.05) is 36.5 Å². The summed E-state index contributed by atoms with van der Waals surface area (Å²) in [5, 5.41) is 0. The van der Waals surface area contributed by atoms with Crippen LogP contribution in [0.15, 0.2) is 24.3 Å². The van der Waals surface area contributed by atoms with Crippen LogP contribution in [-0.2, 0) is 6.42 Å². The molecule has 0 radical (unpaired) electrons. The highest BCUT2D eigenvalue weighted by Crippen LogP contribution is 2.20. The molecule has 0 N–H and O–H groups in total. The molecule has 0 saturated heterocycles. The first-order valence-corrected chi connectivity index (χ1v) is 4.40. The summed E-state index contributed by atoms with van der Waals surface area (Å²) >= 11 is 5.26. The van der Waals surface area contributed by atoms with Crippen molar-refractivity contribution in [1.29, 1.82) is 0 Å². The Bertz CT molecular complexity index is 289. The fraction of sp³-hybridized carbons (Fsp3) is 0.300. The van der Waals surface area contributed by atoms with E-state index in [0.29, 0.717) is 0 Å². The second-order valence-corrected chi connectivity index (χ2v) is 3.43. The van der Waals surface area contributed by atoms with Crippen LogP contribution in [0.2, 0.25) is 0 Å². The Morgan fingerprint density at radius 2 is 1.91 bits per heavy atom. The van der Waals surface area contributed by atoms with Crippen LogP contribution in [0, 0.1) is 0 Å². The van der Waals surface area contributed by atoms with E-state index in [-0.39, 0.29) is 0 Å². The van der Waals surface area contributed by atoms with Crippen LogP contribution < -0.4 is 0 Å². The smallest absolute Gasteiger partial charge is 0.0227 e. The summed E-state index contributed by atoms with van der Waals surface area (Å²) in [5.41, 5.74) is 2.75.